The van der Waals surface area contributed by atoms with Crippen molar-refractivity contribution in [3.05, 3.63) is 35.9 Å². The molecule has 102 valence electrons. The molecule has 0 aromatic heterocycles. The van der Waals surface area contributed by atoms with E-state index >= 15 is 0 Å². The third-order valence-corrected chi connectivity index (χ3v) is 4.19. The number of likely N-dealkylation sites (tertiary alicyclic amines) is 1. The number of hydrogen-bond donors (Lipinski definition) is 0. The Morgan fingerprint density at radius 3 is 2.68 bits per heavy atom. The topological polar surface area (TPSA) is 27.0 Å². The lowest BCUT2D eigenvalue weighted by molar-refractivity contribution is 0.0548. The summed E-state index contributed by atoms with van der Waals surface area (Å²) in [5, 5.41) is 9.03. The lowest BCUT2D eigenvalue weighted by Gasteiger charge is -2.43. The van der Waals surface area contributed by atoms with Gasteiger partial charge < -0.3 is 0 Å². The zero-order valence-corrected chi connectivity index (χ0v) is 12.0. The Bertz CT molecular complexity index is 419. The maximum atomic E-state index is 9.03. The van der Waals surface area contributed by atoms with Gasteiger partial charge in [-0.15, -0.1) is 0 Å². The molecule has 2 heteroatoms. The van der Waals surface area contributed by atoms with Gasteiger partial charge in [0.1, 0.15) is 0 Å². The average Bonchev–Trinajstić information content (AvgIpc) is 2.40. The zero-order chi connectivity index (χ0) is 13.7. The van der Waals surface area contributed by atoms with E-state index < -0.39 is 0 Å². The van der Waals surface area contributed by atoms with Gasteiger partial charge in [0.2, 0.25) is 0 Å². The van der Waals surface area contributed by atoms with Crippen LogP contribution in [-0.2, 0) is 6.54 Å². The van der Waals surface area contributed by atoms with Crippen LogP contribution in [0.1, 0.15) is 38.7 Å². The van der Waals surface area contributed by atoms with Gasteiger partial charge in [0.05, 0.1) is 6.07 Å². The van der Waals surface area contributed by atoms with Crippen LogP contribution >= 0.6 is 0 Å². The molecule has 1 aromatic rings. The van der Waals surface area contributed by atoms with Crippen LogP contribution in [0.2, 0.25) is 0 Å². The highest BCUT2D eigenvalue weighted by Gasteiger charge is 2.33. The van der Waals surface area contributed by atoms with Crippen LogP contribution in [0, 0.1) is 23.2 Å². The summed E-state index contributed by atoms with van der Waals surface area (Å²) in [6.45, 7) is 6.77. The Labute approximate surface area is 117 Å². The number of benzene rings is 1. The van der Waals surface area contributed by atoms with Crippen LogP contribution in [0.5, 0.6) is 0 Å². The van der Waals surface area contributed by atoms with E-state index in [2.05, 4.69) is 55.1 Å². The first-order valence-corrected chi connectivity index (χ1v) is 7.37. The molecule has 1 aliphatic heterocycles. The fourth-order valence-electron chi connectivity index (χ4n) is 3.48. The number of hydrogen-bond acceptors (Lipinski definition) is 2. The summed E-state index contributed by atoms with van der Waals surface area (Å²) in [4.78, 5) is 2.59. The van der Waals surface area contributed by atoms with Crippen molar-refractivity contribution in [2.24, 2.45) is 11.8 Å². The van der Waals surface area contributed by atoms with Crippen molar-refractivity contribution in [3.63, 3.8) is 0 Å². The van der Waals surface area contributed by atoms with E-state index in [9.17, 15) is 0 Å². The summed E-state index contributed by atoms with van der Waals surface area (Å²) in [6, 6.07) is 13.6. The summed E-state index contributed by atoms with van der Waals surface area (Å²) < 4.78 is 0. The second-order valence-electron chi connectivity index (χ2n) is 5.96. The maximum Gasteiger partial charge on any atom is 0.0625 e. The Morgan fingerprint density at radius 2 is 2.05 bits per heavy atom. The van der Waals surface area contributed by atoms with E-state index in [1.807, 2.05) is 0 Å². The molecule has 2 atom stereocenters. The molecule has 1 heterocycles. The molecule has 2 unspecified atom stereocenters. The van der Waals surface area contributed by atoms with Gasteiger partial charge in [-0.05, 0) is 36.8 Å². The Morgan fingerprint density at radius 1 is 1.32 bits per heavy atom. The van der Waals surface area contributed by atoms with Gasteiger partial charge >= 0.3 is 0 Å². The quantitative estimate of drug-likeness (QED) is 0.818. The summed E-state index contributed by atoms with van der Waals surface area (Å²) in [7, 11) is 0. The molecule has 0 saturated carbocycles. The van der Waals surface area contributed by atoms with E-state index in [1.54, 1.807) is 0 Å². The highest BCUT2D eigenvalue weighted by molar-refractivity contribution is 5.15. The molecule has 0 aliphatic carbocycles. The zero-order valence-electron chi connectivity index (χ0n) is 12.0. The number of rotatable bonds is 4. The number of nitrogens with zero attached hydrogens (tertiary/aromatic N) is 2. The highest BCUT2D eigenvalue weighted by Crippen LogP contribution is 2.31. The summed E-state index contributed by atoms with van der Waals surface area (Å²) in [5.41, 5.74) is 1.38. The lowest BCUT2D eigenvalue weighted by atomic mass is 9.81. The van der Waals surface area contributed by atoms with Gasteiger partial charge in [-0.1, -0.05) is 44.2 Å². The molecule has 1 fully saturated rings. The first-order chi connectivity index (χ1) is 9.22. The van der Waals surface area contributed by atoms with E-state index in [0.717, 1.165) is 6.54 Å². The van der Waals surface area contributed by atoms with Gasteiger partial charge in [0.15, 0.2) is 0 Å². The maximum absolute atomic E-state index is 9.03. The third-order valence-electron chi connectivity index (χ3n) is 4.19. The molecular weight excluding hydrogens is 232 g/mol. The first-order valence-electron chi connectivity index (χ1n) is 7.37. The minimum absolute atomic E-state index is 0.544. The summed E-state index contributed by atoms with van der Waals surface area (Å²) >= 11 is 0. The molecule has 0 bridgehead atoms. The smallest absolute Gasteiger partial charge is 0.0625 e. The fraction of sp³-hybridized carbons (Fsp3) is 0.588. The second-order valence-corrected chi connectivity index (χ2v) is 5.96. The molecule has 0 amide bonds. The molecule has 1 saturated heterocycles. The molecule has 2 rings (SSSR count). The normalized spacial score (nSPS) is 24.3. The standard InChI is InChI=1S/C17H24N2/c1-14(2)17-16(10-11-18)9-6-12-19(17)13-15-7-4-3-5-8-15/h3-5,7-8,14,16-17H,6,9-10,12-13H2,1-2H3. The van der Waals surface area contributed by atoms with Crippen LogP contribution in [0.25, 0.3) is 0 Å². The molecule has 0 radical (unpaired) electrons. The predicted octanol–water partition coefficient (Wildman–Crippen LogP) is 3.84. The number of piperidine rings is 1. The average molecular weight is 256 g/mol. The molecular formula is C17H24N2. The summed E-state index contributed by atoms with van der Waals surface area (Å²) in [6.07, 6.45) is 3.14. The largest absolute Gasteiger partial charge is 0.296 e. The fourth-order valence-corrected chi connectivity index (χ4v) is 3.48. The van der Waals surface area contributed by atoms with E-state index in [1.165, 1.54) is 24.9 Å². The van der Waals surface area contributed by atoms with E-state index in [-0.39, 0.29) is 0 Å². The van der Waals surface area contributed by atoms with Gasteiger partial charge in [-0.3, -0.25) is 4.90 Å². The van der Waals surface area contributed by atoms with Gasteiger partial charge in [-0.2, -0.15) is 5.26 Å². The third kappa shape index (κ3) is 3.58. The second kappa shape index (κ2) is 6.73. The van der Waals surface area contributed by atoms with Crippen molar-refractivity contribution in [2.45, 2.75) is 45.7 Å². The highest BCUT2D eigenvalue weighted by atomic mass is 15.2. The minimum atomic E-state index is 0.544. The Kier molecular flexibility index (Phi) is 4.99. The molecule has 1 aliphatic rings. The summed E-state index contributed by atoms with van der Waals surface area (Å²) in [5.74, 6) is 1.16. The van der Waals surface area contributed by atoms with Crippen LogP contribution in [0.3, 0.4) is 0 Å². The van der Waals surface area contributed by atoms with Crippen LogP contribution in [0.15, 0.2) is 30.3 Å². The van der Waals surface area contributed by atoms with E-state index in [4.69, 9.17) is 5.26 Å². The van der Waals surface area contributed by atoms with Crippen molar-refractivity contribution in [1.29, 1.82) is 5.26 Å². The monoisotopic (exact) mass is 256 g/mol. The molecule has 2 nitrogen and oxygen atoms in total. The number of nitriles is 1. The first kappa shape index (κ1) is 14.1. The SMILES string of the molecule is CC(C)C1C(CC#N)CCCN1Cc1ccccc1. The minimum Gasteiger partial charge on any atom is -0.296 e. The lowest BCUT2D eigenvalue weighted by Crippen LogP contribution is -2.47. The van der Waals surface area contributed by atoms with Gasteiger partial charge in [-0.25, -0.2) is 0 Å². The predicted molar refractivity (Wildman–Crippen MR) is 78.4 cm³/mol. The van der Waals surface area contributed by atoms with Gasteiger partial charge in [0.25, 0.3) is 0 Å². The van der Waals surface area contributed by atoms with Crippen LogP contribution < -0.4 is 0 Å². The van der Waals surface area contributed by atoms with Crippen molar-refractivity contribution in [2.75, 3.05) is 6.54 Å². The molecule has 1 aromatic carbocycles. The molecule has 0 spiro atoms. The Hall–Kier alpha value is -1.33. The van der Waals surface area contributed by atoms with Crippen molar-refractivity contribution >= 4 is 0 Å². The van der Waals surface area contributed by atoms with Crippen LogP contribution in [0.4, 0.5) is 0 Å². The van der Waals surface area contributed by atoms with Gasteiger partial charge in [0, 0.05) is 19.0 Å². The molecule has 0 N–H and O–H groups in total. The van der Waals surface area contributed by atoms with Crippen molar-refractivity contribution < 1.29 is 0 Å². The molecule has 19 heavy (non-hydrogen) atoms. The van der Waals surface area contributed by atoms with Crippen molar-refractivity contribution in [3.8, 4) is 6.07 Å². The van der Waals surface area contributed by atoms with Crippen molar-refractivity contribution in [1.82, 2.24) is 4.90 Å². The van der Waals surface area contributed by atoms with E-state index in [0.29, 0.717) is 24.3 Å². The van der Waals surface area contributed by atoms with Crippen LogP contribution in [-0.4, -0.2) is 17.5 Å². The Balaban J connectivity index is 2.11.